The lowest BCUT2D eigenvalue weighted by atomic mass is 9.98. The molecule has 1 aromatic carbocycles. The minimum absolute atomic E-state index is 0.0440. The Morgan fingerprint density at radius 2 is 1.71 bits per heavy atom. The minimum Gasteiger partial charge on any atom is -0.508 e. The zero-order valence-electron chi connectivity index (χ0n) is 21.6. The van der Waals surface area contributed by atoms with Crippen LogP contribution in [0.25, 0.3) is 0 Å². The van der Waals surface area contributed by atoms with Crippen LogP contribution in [0.5, 0.6) is 5.75 Å². The molecule has 0 aliphatic carbocycles. The summed E-state index contributed by atoms with van der Waals surface area (Å²) in [7, 11) is 0. The van der Waals surface area contributed by atoms with Gasteiger partial charge in [0.05, 0.1) is 6.61 Å². The van der Waals surface area contributed by atoms with Gasteiger partial charge in [-0.25, -0.2) is 4.79 Å². The molecule has 9 nitrogen and oxygen atoms in total. The van der Waals surface area contributed by atoms with E-state index in [-0.39, 0.29) is 18.2 Å². The lowest BCUT2D eigenvalue weighted by Crippen LogP contribution is -2.55. The third-order valence-electron chi connectivity index (χ3n) is 4.56. The Balaban J connectivity index is 3.45. The summed E-state index contributed by atoms with van der Waals surface area (Å²) >= 11 is 0. The smallest absolute Gasteiger partial charge is 0.408 e. The molecule has 0 fully saturated rings. The quantitative estimate of drug-likeness (QED) is 0.431. The van der Waals surface area contributed by atoms with E-state index in [1.165, 1.54) is 17.0 Å². The number of benzene rings is 1. The highest BCUT2D eigenvalue weighted by atomic mass is 16.6. The van der Waals surface area contributed by atoms with Crippen LogP contribution < -0.4 is 10.6 Å². The van der Waals surface area contributed by atoms with E-state index < -0.39 is 47.7 Å². The second-order valence-electron chi connectivity index (χ2n) is 10.8. The van der Waals surface area contributed by atoms with Crippen LogP contribution in [0.4, 0.5) is 4.79 Å². The van der Waals surface area contributed by atoms with Gasteiger partial charge in [0.1, 0.15) is 23.4 Å². The van der Waals surface area contributed by atoms with E-state index in [0.29, 0.717) is 12.0 Å². The van der Waals surface area contributed by atoms with Crippen LogP contribution >= 0.6 is 0 Å². The number of aliphatic hydroxyl groups excluding tert-OH is 1. The maximum Gasteiger partial charge on any atom is 0.408 e. The number of carbonyl (C=O) groups excluding carboxylic acids is 3. The third kappa shape index (κ3) is 9.99. The fourth-order valence-corrected chi connectivity index (χ4v) is 3.42. The molecule has 1 aromatic rings. The summed E-state index contributed by atoms with van der Waals surface area (Å²) in [5.74, 6) is -1.03. The lowest BCUT2D eigenvalue weighted by Gasteiger charge is -2.36. The summed E-state index contributed by atoms with van der Waals surface area (Å²) < 4.78 is 5.33. The molecule has 0 aromatic heterocycles. The standard InChI is InChI=1S/C25H41N3O6/c1-16(2)14-19(26-23(33)34-25(6,7)8)22(32)28(12-13-29)20(21(31)27-24(3,4)5)17-10-9-11-18(30)15-17/h9-11,15-16,19-20,29-30H,12-14H2,1-8H3,(H,26,33)(H,27,31). The fraction of sp³-hybridized carbons (Fsp3) is 0.640. The molecule has 0 aliphatic rings. The van der Waals surface area contributed by atoms with Crippen molar-refractivity contribution in [1.29, 1.82) is 0 Å². The maximum absolute atomic E-state index is 13.7. The summed E-state index contributed by atoms with van der Waals surface area (Å²) in [6, 6.07) is 3.96. The van der Waals surface area contributed by atoms with Crippen molar-refractivity contribution in [3.05, 3.63) is 29.8 Å². The first-order valence-corrected chi connectivity index (χ1v) is 11.6. The summed E-state index contributed by atoms with van der Waals surface area (Å²) in [6.07, 6.45) is -0.448. The Bertz CT molecular complexity index is 842. The predicted molar refractivity (Wildman–Crippen MR) is 130 cm³/mol. The van der Waals surface area contributed by atoms with Crippen LogP contribution in [0, 0.1) is 5.92 Å². The number of phenols is 1. The largest absolute Gasteiger partial charge is 0.508 e. The number of rotatable bonds is 9. The fourth-order valence-electron chi connectivity index (χ4n) is 3.42. The SMILES string of the molecule is CC(C)CC(NC(=O)OC(C)(C)C)C(=O)N(CCO)C(C(=O)NC(C)(C)C)c1cccc(O)c1. The minimum atomic E-state index is -1.14. The van der Waals surface area contributed by atoms with Gasteiger partial charge in [0.15, 0.2) is 0 Å². The van der Waals surface area contributed by atoms with E-state index in [0.717, 1.165) is 0 Å². The summed E-state index contributed by atoms with van der Waals surface area (Å²) in [5, 5.41) is 25.3. The molecule has 0 saturated heterocycles. The van der Waals surface area contributed by atoms with Crippen molar-refractivity contribution in [3.63, 3.8) is 0 Å². The van der Waals surface area contributed by atoms with Crippen LogP contribution in [-0.4, -0.2) is 63.4 Å². The number of hydrogen-bond acceptors (Lipinski definition) is 6. The molecule has 0 saturated carbocycles. The molecule has 3 amide bonds. The first-order valence-electron chi connectivity index (χ1n) is 11.6. The van der Waals surface area contributed by atoms with Crippen molar-refractivity contribution >= 4 is 17.9 Å². The van der Waals surface area contributed by atoms with E-state index >= 15 is 0 Å². The average Bonchev–Trinajstić information content (AvgIpc) is 2.63. The number of aromatic hydroxyl groups is 1. The van der Waals surface area contributed by atoms with Crippen LogP contribution in [-0.2, 0) is 14.3 Å². The van der Waals surface area contributed by atoms with Crippen LogP contribution in [0.1, 0.15) is 73.4 Å². The molecule has 34 heavy (non-hydrogen) atoms. The number of nitrogens with zero attached hydrogens (tertiary/aromatic N) is 1. The number of carbonyl (C=O) groups is 3. The van der Waals surface area contributed by atoms with Gasteiger partial charge >= 0.3 is 6.09 Å². The Morgan fingerprint density at radius 1 is 1.09 bits per heavy atom. The number of amides is 3. The molecule has 0 radical (unpaired) electrons. The Hall–Kier alpha value is -2.81. The van der Waals surface area contributed by atoms with Gasteiger partial charge in [0.25, 0.3) is 0 Å². The number of nitrogens with one attached hydrogen (secondary N) is 2. The molecule has 192 valence electrons. The highest BCUT2D eigenvalue weighted by molar-refractivity contribution is 5.92. The van der Waals surface area contributed by atoms with Gasteiger partial charge in [0.2, 0.25) is 11.8 Å². The summed E-state index contributed by atoms with van der Waals surface area (Å²) in [6.45, 7) is 13.9. The van der Waals surface area contributed by atoms with Gasteiger partial charge in [-0.15, -0.1) is 0 Å². The van der Waals surface area contributed by atoms with E-state index in [4.69, 9.17) is 4.74 Å². The predicted octanol–water partition coefficient (Wildman–Crippen LogP) is 3.11. The van der Waals surface area contributed by atoms with Gasteiger partial charge in [-0.2, -0.15) is 0 Å². The zero-order chi connectivity index (χ0) is 26.3. The lowest BCUT2D eigenvalue weighted by molar-refractivity contribution is -0.144. The highest BCUT2D eigenvalue weighted by Crippen LogP contribution is 2.27. The van der Waals surface area contributed by atoms with Crippen molar-refractivity contribution in [2.24, 2.45) is 5.92 Å². The Morgan fingerprint density at radius 3 is 2.18 bits per heavy atom. The third-order valence-corrected chi connectivity index (χ3v) is 4.56. The van der Waals surface area contributed by atoms with Gasteiger partial charge in [-0.05, 0) is 71.6 Å². The summed E-state index contributed by atoms with van der Waals surface area (Å²) in [4.78, 5) is 40.8. The van der Waals surface area contributed by atoms with Gasteiger partial charge in [-0.3, -0.25) is 9.59 Å². The topological polar surface area (TPSA) is 128 Å². The molecule has 0 heterocycles. The Kier molecular flexibility index (Phi) is 10.4. The number of ether oxygens (including phenoxy) is 1. The highest BCUT2D eigenvalue weighted by Gasteiger charge is 2.37. The molecule has 0 bridgehead atoms. The van der Waals surface area contributed by atoms with Gasteiger partial charge in [0, 0.05) is 12.1 Å². The molecule has 0 aliphatic heterocycles. The van der Waals surface area contributed by atoms with Crippen LogP contribution in [0.15, 0.2) is 24.3 Å². The number of aliphatic hydroxyl groups is 1. The molecule has 2 atom stereocenters. The van der Waals surface area contributed by atoms with Crippen molar-refractivity contribution in [2.45, 2.75) is 85.0 Å². The van der Waals surface area contributed by atoms with Crippen molar-refractivity contribution in [2.75, 3.05) is 13.2 Å². The molecule has 2 unspecified atom stereocenters. The zero-order valence-corrected chi connectivity index (χ0v) is 21.6. The van der Waals surface area contributed by atoms with E-state index in [1.807, 2.05) is 34.6 Å². The summed E-state index contributed by atoms with van der Waals surface area (Å²) in [5.41, 5.74) is -0.965. The van der Waals surface area contributed by atoms with Gasteiger partial charge < -0.3 is 30.5 Å². The van der Waals surface area contributed by atoms with Crippen LogP contribution in [0.2, 0.25) is 0 Å². The first-order chi connectivity index (χ1) is 15.5. The monoisotopic (exact) mass is 479 g/mol. The van der Waals surface area contributed by atoms with Crippen LogP contribution in [0.3, 0.4) is 0 Å². The van der Waals surface area contributed by atoms with E-state index in [1.54, 1.807) is 32.9 Å². The molecule has 1 rings (SSSR count). The van der Waals surface area contributed by atoms with Gasteiger partial charge in [-0.1, -0.05) is 26.0 Å². The second kappa shape index (κ2) is 12.1. The molecule has 4 N–H and O–H groups in total. The van der Waals surface area contributed by atoms with Crippen molar-refractivity contribution in [1.82, 2.24) is 15.5 Å². The number of alkyl carbamates (subject to hydrolysis) is 1. The molecular weight excluding hydrogens is 438 g/mol. The molecular formula is C25H41N3O6. The first kappa shape index (κ1) is 29.2. The van der Waals surface area contributed by atoms with Crippen molar-refractivity contribution in [3.8, 4) is 5.75 Å². The number of phenolic OH excluding ortho intramolecular Hbond substituents is 1. The van der Waals surface area contributed by atoms with E-state index in [9.17, 15) is 24.6 Å². The second-order valence-corrected chi connectivity index (χ2v) is 10.8. The van der Waals surface area contributed by atoms with Crippen molar-refractivity contribution < 1.29 is 29.3 Å². The molecule has 9 heteroatoms. The number of hydrogen-bond donors (Lipinski definition) is 4. The maximum atomic E-state index is 13.7. The van der Waals surface area contributed by atoms with E-state index in [2.05, 4.69) is 10.6 Å². The molecule has 0 spiro atoms. The Labute approximate surface area is 202 Å². The average molecular weight is 480 g/mol. The normalized spacial score (nSPS) is 13.7.